The molecule has 28 nitrogen and oxygen atoms in total. The van der Waals surface area contributed by atoms with E-state index in [1.165, 1.54) is 30.4 Å². The molecule has 510 valence electrons. The third-order valence-electron chi connectivity index (χ3n) is 16.4. The summed E-state index contributed by atoms with van der Waals surface area (Å²) < 4.78 is 39.4. The first-order valence-corrected chi connectivity index (χ1v) is 31.4. The molecule has 3 aliphatic heterocycles. The Balaban J connectivity index is 1.05. The number of alkyl halides is 2. The van der Waals surface area contributed by atoms with Gasteiger partial charge in [0, 0.05) is 129 Å². The van der Waals surface area contributed by atoms with Gasteiger partial charge in [0.15, 0.2) is 0 Å². The number of likely N-dealkylation sites (tertiary alicyclic amines) is 1. The van der Waals surface area contributed by atoms with Crippen molar-refractivity contribution < 1.29 is 81.5 Å². The van der Waals surface area contributed by atoms with E-state index in [0.717, 1.165) is 29.6 Å². The van der Waals surface area contributed by atoms with Gasteiger partial charge >= 0.3 is 23.9 Å². The molecule has 3 saturated heterocycles. The van der Waals surface area contributed by atoms with Gasteiger partial charge < -0.3 is 55.9 Å². The molecule has 6 rings (SSSR count). The lowest BCUT2D eigenvalue weighted by Gasteiger charge is -2.36. The van der Waals surface area contributed by atoms with Crippen LogP contribution in [0.5, 0.6) is 5.75 Å². The van der Waals surface area contributed by atoms with Crippen LogP contribution in [0.15, 0.2) is 59.7 Å². The van der Waals surface area contributed by atoms with E-state index >= 15 is 0 Å². The van der Waals surface area contributed by atoms with Crippen molar-refractivity contribution in [1.82, 2.24) is 60.6 Å². The second kappa shape index (κ2) is 37.4. The lowest BCUT2D eigenvalue weighted by atomic mass is 10.1. The molecule has 4 heterocycles. The number of nitrogens with zero attached hydrogens (tertiary/aromatic N) is 9. The fraction of sp³-hybridized carbons (Fsp3) is 0.587. The van der Waals surface area contributed by atoms with Gasteiger partial charge in [0.05, 0.1) is 76.5 Å². The summed E-state index contributed by atoms with van der Waals surface area (Å²) in [4.78, 5) is 150. The third-order valence-corrected chi connectivity index (χ3v) is 16.4. The summed E-state index contributed by atoms with van der Waals surface area (Å²) in [6.45, 7) is 3.00. The SMILES string of the molecule is CN=C[C@H]1CC(F)(F)CN1C(=O)CNC(=O)c1ccnc2ccc(OCCCN3CCN(C(=O)[C@H](CC(=O)OC)NC(=O)[C@H](CCCCNC(=O)CCCc4ccc(C)cc4)NC(=O)CN4CCN(CC(=O)O)CCN(CC(=O)O)CCN(CC(=O)O)CC4)CC3)cc12. The Labute approximate surface area is 539 Å². The van der Waals surface area contributed by atoms with E-state index in [1.807, 2.05) is 31.2 Å². The Morgan fingerprint density at radius 3 is 1.90 bits per heavy atom. The number of aliphatic carboxylic acids is 3. The summed E-state index contributed by atoms with van der Waals surface area (Å²) in [6, 6.07) is 11.1. The number of benzene rings is 2. The highest BCUT2D eigenvalue weighted by Gasteiger charge is 2.46. The molecule has 3 atom stereocenters. The molecule has 2 aromatic carbocycles. The molecule has 0 radical (unpaired) electrons. The maximum Gasteiger partial charge on any atom is 0.317 e. The first-order chi connectivity index (χ1) is 44.5. The minimum atomic E-state index is -3.08. The molecule has 0 aliphatic carbocycles. The number of amides is 6. The van der Waals surface area contributed by atoms with Crippen LogP contribution in [0.25, 0.3) is 10.9 Å². The number of hydrogen-bond donors (Lipinski definition) is 7. The van der Waals surface area contributed by atoms with Crippen molar-refractivity contribution in [3.63, 3.8) is 0 Å². The number of ether oxygens (including phenoxy) is 2. The number of nitrogens with one attached hydrogen (secondary N) is 4. The number of piperazine rings is 1. The van der Waals surface area contributed by atoms with Crippen LogP contribution in [0.4, 0.5) is 8.78 Å². The van der Waals surface area contributed by atoms with Crippen molar-refractivity contribution in [2.45, 2.75) is 88.8 Å². The van der Waals surface area contributed by atoms with E-state index < -0.39 is 103 Å². The number of carboxylic acids is 3. The molecular formula is C63H89F2N13O15. The molecule has 30 heteroatoms. The van der Waals surface area contributed by atoms with Crippen molar-refractivity contribution in [3.8, 4) is 5.75 Å². The summed E-state index contributed by atoms with van der Waals surface area (Å²) in [7, 11) is 2.58. The van der Waals surface area contributed by atoms with Gasteiger partial charge in [-0.05, 0) is 75.3 Å². The first-order valence-electron chi connectivity index (χ1n) is 31.4. The Morgan fingerprint density at radius 2 is 1.31 bits per heavy atom. The Hall–Kier alpha value is -8.32. The lowest BCUT2D eigenvalue weighted by Crippen LogP contribution is -2.58. The molecule has 6 amide bonds. The number of fused-ring (bicyclic) bond motifs is 1. The van der Waals surface area contributed by atoms with E-state index in [1.54, 1.807) is 37.8 Å². The van der Waals surface area contributed by atoms with Crippen LogP contribution in [-0.4, -0.2) is 296 Å². The summed E-state index contributed by atoms with van der Waals surface area (Å²) in [5, 5.41) is 40.4. The van der Waals surface area contributed by atoms with Crippen LogP contribution in [0, 0.1) is 6.92 Å². The van der Waals surface area contributed by atoms with Gasteiger partial charge in [0.25, 0.3) is 11.8 Å². The van der Waals surface area contributed by atoms with E-state index in [4.69, 9.17) is 9.47 Å². The Kier molecular flexibility index (Phi) is 29.6. The van der Waals surface area contributed by atoms with Crippen molar-refractivity contribution in [3.05, 3.63) is 71.4 Å². The number of aliphatic imine (C=N–C) groups is 1. The molecule has 3 fully saturated rings. The molecule has 0 spiro atoms. The number of carboxylic acid groups (broad SMARTS) is 3. The summed E-state index contributed by atoms with van der Waals surface area (Å²) >= 11 is 0. The van der Waals surface area contributed by atoms with E-state index in [0.29, 0.717) is 68.4 Å². The van der Waals surface area contributed by atoms with Gasteiger partial charge in [-0.2, -0.15) is 0 Å². The molecule has 93 heavy (non-hydrogen) atoms. The van der Waals surface area contributed by atoms with Gasteiger partial charge in [0.1, 0.15) is 17.8 Å². The Morgan fingerprint density at radius 1 is 0.710 bits per heavy atom. The highest BCUT2D eigenvalue weighted by Crippen LogP contribution is 2.31. The average Bonchev–Trinajstić information content (AvgIpc) is 1.81. The van der Waals surface area contributed by atoms with Crippen molar-refractivity contribution in [2.24, 2.45) is 4.99 Å². The number of pyridine rings is 1. The van der Waals surface area contributed by atoms with Crippen molar-refractivity contribution >= 4 is 76.4 Å². The number of halogens is 2. The third kappa shape index (κ3) is 25.6. The number of unbranched alkanes of at least 4 members (excludes halogenated alkanes) is 1. The highest BCUT2D eigenvalue weighted by molar-refractivity contribution is 6.07. The van der Waals surface area contributed by atoms with Crippen LogP contribution in [0.1, 0.15) is 72.9 Å². The number of aromatic nitrogens is 1. The van der Waals surface area contributed by atoms with Gasteiger partial charge in [-0.25, -0.2) is 8.78 Å². The van der Waals surface area contributed by atoms with Crippen LogP contribution < -0.4 is 26.0 Å². The molecule has 0 saturated carbocycles. The average molecular weight is 1310 g/mol. The minimum Gasteiger partial charge on any atom is -0.494 e. The fourth-order valence-electron chi connectivity index (χ4n) is 11.3. The second-order valence-corrected chi connectivity index (χ2v) is 23.6. The van der Waals surface area contributed by atoms with Crippen LogP contribution >= 0.6 is 0 Å². The Bertz CT molecular complexity index is 3030. The smallest absolute Gasteiger partial charge is 0.317 e. The maximum absolute atomic E-state index is 14.5. The number of methoxy groups -OCH3 is 1. The second-order valence-electron chi connectivity index (χ2n) is 23.6. The summed E-state index contributed by atoms with van der Waals surface area (Å²) in [5.74, 6) is -10.1. The zero-order chi connectivity index (χ0) is 67.5. The maximum atomic E-state index is 14.5. The van der Waals surface area contributed by atoms with Gasteiger partial charge in [-0.1, -0.05) is 29.8 Å². The van der Waals surface area contributed by atoms with Crippen LogP contribution in [0.3, 0.4) is 0 Å². The normalized spacial score (nSPS) is 18.0. The predicted molar refractivity (Wildman–Crippen MR) is 337 cm³/mol. The molecule has 1 aromatic heterocycles. The van der Waals surface area contributed by atoms with Gasteiger partial charge in [0.2, 0.25) is 29.5 Å². The van der Waals surface area contributed by atoms with Crippen LogP contribution in [0.2, 0.25) is 0 Å². The fourth-order valence-corrected chi connectivity index (χ4v) is 11.3. The summed E-state index contributed by atoms with van der Waals surface area (Å²) in [6.07, 6.45) is 4.68. The number of carbonyl (C=O) groups is 10. The summed E-state index contributed by atoms with van der Waals surface area (Å²) in [5.41, 5.74) is 2.94. The number of esters is 1. The monoisotopic (exact) mass is 1310 g/mol. The van der Waals surface area contributed by atoms with Crippen molar-refractivity contribution in [1.29, 1.82) is 0 Å². The molecule has 0 unspecified atom stereocenters. The molecule has 7 N–H and O–H groups in total. The quantitative estimate of drug-likeness (QED) is 0.0253. The predicted octanol–water partition coefficient (Wildman–Crippen LogP) is 0.440. The largest absolute Gasteiger partial charge is 0.494 e. The molecule has 3 aliphatic rings. The number of carbonyl (C=O) groups excluding carboxylic acids is 7. The number of aryl methyl sites for hydroxylation is 2. The highest BCUT2D eigenvalue weighted by atomic mass is 19.3. The van der Waals surface area contributed by atoms with Crippen molar-refractivity contribution in [2.75, 3.05) is 152 Å². The zero-order valence-corrected chi connectivity index (χ0v) is 53.2. The molecule has 3 aromatic rings. The first kappa shape index (κ1) is 73.7. The van der Waals surface area contributed by atoms with Crippen LogP contribution in [-0.2, 0) is 54.3 Å². The number of hydrogen-bond acceptors (Lipinski definition) is 19. The van der Waals surface area contributed by atoms with E-state index in [-0.39, 0.29) is 123 Å². The number of rotatable bonds is 32. The van der Waals surface area contributed by atoms with E-state index in [2.05, 4.69) is 36.1 Å². The molecule has 0 bridgehead atoms. The lowest BCUT2D eigenvalue weighted by molar-refractivity contribution is -0.147. The topological polar surface area (TPSA) is 346 Å². The van der Waals surface area contributed by atoms with E-state index in [9.17, 15) is 72.0 Å². The molecular weight excluding hydrogens is 1220 g/mol. The zero-order valence-electron chi connectivity index (χ0n) is 53.2. The van der Waals surface area contributed by atoms with Gasteiger partial charge in [-0.3, -0.25) is 82.4 Å². The standard InChI is InChI=1S/C63H89F2N13O15/c1-44-11-13-45(14-12-44)8-6-10-53(79)68-18-5-4-9-51(70-54(80)39-73-21-23-74(40-56(82)83)25-27-76(42-58(86)87)28-26-75(24-22-73)41-57(84)85)61(90)71-52(35-59(88)92-3)62(91)77-31-29-72(30-32-77)20-7-33-93-47-15-16-50-49(34-47)48(17-19-67-50)60(89)69-38-55(81)78-43-63(64,65)36-46(78)37-66-2/h11-17,19,34,37,46,51-52H,4-10,18,20-33,35-36,38-43H2,1-3H3,(H,68,79)(H,69,89)(H,70,80)(H,71,90)(H,82,83)(H,84,85)(H,86,87)/t46-,51+,52+/m1/s1. The van der Waals surface area contributed by atoms with Gasteiger partial charge in [-0.15, -0.1) is 0 Å². The minimum absolute atomic E-state index is 0.0536.